The van der Waals surface area contributed by atoms with Gasteiger partial charge in [0.15, 0.2) is 11.5 Å². The molecule has 0 unspecified atom stereocenters. The van der Waals surface area contributed by atoms with Crippen molar-refractivity contribution in [2.24, 2.45) is 0 Å². The molecule has 1 fully saturated rings. The van der Waals surface area contributed by atoms with Gasteiger partial charge in [0.1, 0.15) is 11.1 Å². The predicted molar refractivity (Wildman–Crippen MR) is 109 cm³/mol. The summed E-state index contributed by atoms with van der Waals surface area (Å²) in [5, 5.41) is 8.91. The number of ketones is 1. The van der Waals surface area contributed by atoms with Gasteiger partial charge in [-0.1, -0.05) is 12.1 Å². The van der Waals surface area contributed by atoms with Gasteiger partial charge < -0.3 is 14.6 Å². The Kier molecular flexibility index (Phi) is 4.33. The summed E-state index contributed by atoms with van der Waals surface area (Å²) in [6.07, 6.45) is 4.72. The van der Waals surface area contributed by atoms with Crippen LogP contribution in [0.5, 0.6) is 5.75 Å². The van der Waals surface area contributed by atoms with E-state index in [4.69, 9.17) is 10.00 Å². The lowest BCUT2D eigenvalue weighted by Gasteiger charge is -2.44. The van der Waals surface area contributed by atoms with E-state index in [2.05, 4.69) is 20.9 Å². The summed E-state index contributed by atoms with van der Waals surface area (Å²) in [5.74, 6) is 0.799. The number of piperidine rings is 1. The molecule has 1 N–H and O–H groups in total. The maximum Gasteiger partial charge on any atom is 0.170 e. The molecule has 0 aliphatic carbocycles. The van der Waals surface area contributed by atoms with E-state index in [1.165, 1.54) is 5.56 Å². The minimum Gasteiger partial charge on any atom is -0.484 e. The number of nitrogens with one attached hydrogen (secondary N) is 1. The predicted octanol–water partition coefficient (Wildman–Crippen LogP) is 3.48. The molecule has 6 nitrogen and oxygen atoms in total. The number of aromatic amines is 1. The molecule has 3 heterocycles. The average Bonchev–Trinajstić information content (AvgIpc) is 3.23. The van der Waals surface area contributed by atoms with Crippen molar-refractivity contribution in [1.82, 2.24) is 14.9 Å². The Hall–Kier alpha value is -3.17. The van der Waals surface area contributed by atoms with Gasteiger partial charge in [-0.2, -0.15) is 5.26 Å². The minimum atomic E-state index is -0.414. The Morgan fingerprint density at radius 1 is 1.17 bits per heavy atom. The molecule has 1 saturated heterocycles. The Labute approximate surface area is 169 Å². The van der Waals surface area contributed by atoms with Gasteiger partial charge >= 0.3 is 0 Å². The third kappa shape index (κ3) is 3.28. The smallest absolute Gasteiger partial charge is 0.170 e. The number of aromatic nitrogens is 2. The number of Topliss-reactive ketones (excluding diaryl/α,β-unsaturated/α-hetero) is 1. The van der Waals surface area contributed by atoms with Crippen LogP contribution in [0.4, 0.5) is 0 Å². The molecule has 29 heavy (non-hydrogen) atoms. The maximum absolute atomic E-state index is 12.8. The number of carbonyl (C=O) groups is 1. The number of ether oxygens (including phenoxy) is 1. The van der Waals surface area contributed by atoms with E-state index in [0.29, 0.717) is 23.3 Å². The molecule has 0 radical (unpaired) electrons. The third-order valence-electron chi connectivity index (χ3n) is 6.21. The first-order chi connectivity index (χ1) is 14.2. The van der Waals surface area contributed by atoms with Gasteiger partial charge in [-0.25, -0.2) is 4.98 Å². The second-order valence-corrected chi connectivity index (χ2v) is 8.03. The van der Waals surface area contributed by atoms with Crippen LogP contribution in [0.25, 0.3) is 11.0 Å². The first kappa shape index (κ1) is 17.9. The van der Waals surface area contributed by atoms with Crippen LogP contribution < -0.4 is 4.74 Å². The fraction of sp³-hybridized carbons (Fsp3) is 0.348. The highest BCUT2D eigenvalue weighted by Gasteiger charge is 2.43. The van der Waals surface area contributed by atoms with Gasteiger partial charge in [-0.3, -0.25) is 4.79 Å². The number of nitriles is 1. The number of rotatable bonds is 3. The minimum absolute atomic E-state index is 0.155. The molecule has 0 amide bonds. The van der Waals surface area contributed by atoms with Crippen molar-refractivity contribution in [3.8, 4) is 11.8 Å². The number of hydrogen-bond donors (Lipinski definition) is 1. The number of likely N-dealkylation sites (tertiary alicyclic amines) is 1. The summed E-state index contributed by atoms with van der Waals surface area (Å²) >= 11 is 0. The molecule has 0 bridgehead atoms. The van der Waals surface area contributed by atoms with Crippen molar-refractivity contribution < 1.29 is 9.53 Å². The van der Waals surface area contributed by atoms with Crippen molar-refractivity contribution >= 4 is 16.8 Å². The van der Waals surface area contributed by atoms with E-state index >= 15 is 0 Å². The number of fused-ring (bicyclic) bond motifs is 3. The van der Waals surface area contributed by atoms with Gasteiger partial charge in [0.2, 0.25) is 0 Å². The van der Waals surface area contributed by atoms with E-state index < -0.39 is 5.60 Å². The van der Waals surface area contributed by atoms with Crippen LogP contribution in [0, 0.1) is 11.3 Å². The van der Waals surface area contributed by atoms with E-state index in [9.17, 15) is 4.79 Å². The zero-order valence-electron chi connectivity index (χ0n) is 16.1. The van der Waals surface area contributed by atoms with Crippen molar-refractivity contribution in [3.05, 3.63) is 59.4 Å². The fourth-order valence-corrected chi connectivity index (χ4v) is 4.44. The summed E-state index contributed by atoms with van der Waals surface area (Å²) in [4.78, 5) is 22.7. The summed E-state index contributed by atoms with van der Waals surface area (Å²) in [5.41, 5.74) is 3.81. The van der Waals surface area contributed by atoms with E-state index in [1.807, 2.05) is 36.4 Å². The molecule has 6 heteroatoms. The van der Waals surface area contributed by atoms with Gasteiger partial charge in [0.25, 0.3) is 0 Å². The normalized spacial score (nSPS) is 18.4. The first-order valence-corrected chi connectivity index (χ1v) is 10.1. The van der Waals surface area contributed by atoms with Crippen LogP contribution in [-0.4, -0.2) is 45.9 Å². The van der Waals surface area contributed by atoms with Gasteiger partial charge in [0, 0.05) is 32.5 Å². The summed E-state index contributed by atoms with van der Waals surface area (Å²) in [6, 6.07) is 13.7. The molecule has 2 aliphatic heterocycles. The Balaban J connectivity index is 1.26. The lowest BCUT2D eigenvalue weighted by molar-refractivity contribution is -0.00766. The summed E-state index contributed by atoms with van der Waals surface area (Å²) < 4.78 is 6.48. The van der Waals surface area contributed by atoms with Crippen molar-refractivity contribution in [1.29, 1.82) is 5.26 Å². The topological polar surface area (TPSA) is 82.0 Å². The van der Waals surface area contributed by atoms with Crippen LogP contribution >= 0.6 is 0 Å². The van der Waals surface area contributed by atoms with Gasteiger partial charge in [-0.05, 0) is 36.2 Å². The maximum atomic E-state index is 12.8. The third-order valence-corrected chi connectivity index (χ3v) is 6.21. The molecule has 1 aromatic heterocycles. The molecule has 0 atom stereocenters. The Morgan fingerprint density at radius 2 is 1.97 bits per heavy atom. The average molecular weight is 386 g/mol. The molecular formula is C23H22N4O2. The van der Waals surface area contributed by atoms with Crippen molar-refractivity contribution in [2.45, 2.75) is 31.3 Å². The van der Waals surface area contributed by atoms with Crippen LogP contribution in [0.1, 0.15) is 40.7 Å². The summed E-state index contributed by atoms with van der Waals surface area (Å²) in [6.45, 7) is 2.79. The van der Waals surface area contributed by atoms with Gasteiger partial charge in [0.05, 0.1) is 35.5 Å². The van der Waals surface area contributed by atoms with Crippen LogP contribution in [0.15, 0.2) is 42.7 Å². The second kappa shape index (κ2) is 7.02. The number of nitrogens with zero attached hydrogens (tertiary/aromatic N) is 3. The van der Waals surface area contributed by atoms with Crippen LogP contribution in [0.2, 0.25) is 0 Å². The van der Waals surface area contributed by atoms with Crippen molar-refractivity contribution in [2.75, 3.05) is 19.6 Å². The number of H-pyrrole nitrogens is 1. The van der Waals surface area contributed by atoms with E-state index in [1.54, 1.807) is 6.33 Å². The monoisotopic (exact) mass is 386 g/mol. The first-order valence-electron chi connectivity index (χ1n) is 10.1. The molecule has 1 spiro atoms. The number of carbonyl (C=O) groups excluding carboxylic acids is 1. The lowest BCUT2D eigenvalue weighted by Crippen LogP contribution is -2.51. The number of hydrogen-bond acceptors (Lipinski definition) is 5. The van der Waals surface area contributed by atoms with Gasteiger partial charge in [-0.15, -0.1) is 0 Å². The Morgan fingerprint density at radius 3 is 2.72 bits per heavy atom. The molecular weight excluding hydrogens is 364 g/mol. The van der Waals surface area contributed by atoms with Crippen LogP contribution in [-0.2, 0) is 6.42 Å². The molecule has 0 saturated carbocycles. The largest absolute Gasteiger partial charge is 0.484 e. The second-order valence-electron chi connectivity index (χ2n) is 8.03. The molecule has 5 rings (SSSR count). The zero-order valence-corrected chi connectivity index (χ0v) is 16.1. The van der Waals surface area contributed by atoms with Crippen LogP contribution in [0.3, 0.4) is 0 Å². The highest BCUT2D eigenvalue weighted by atomic mass is 16.5. The quantitative estimate of drug-likeness (QED) is 0.745. The number of benzene rings is 2. The Bertz CT molecular complexity index is 1100. The molecule has 3 aromatic rings. The lowest BCUT2D eigenvalue weighted by atomic mass is 9.82. The number of imidazole rings is 1. The fourth-order valence-electron chi connectivity index (χ4n) is 4.44. The zero-order chi connectivity index (χ0) is 19.8. The summed E-state index contributed by atoms with van der Waals surface area (Å²) in [7, 11) is 0. The standard InChI is InChI=1S/C23H22N4O2/c24-14-17-3-1-16(2-4-17)7-10-27-11-8-23(9-12-27)13-20(28)18-5-6-19-21(22(18)29-23)26-15-25-19/h1-6,15H,7-13H2,(H,25,26). The van der Waals surface area contributed by atoms with E-state index in [0.717, 1.165) is 49.9 Å². The molecule has 2 aromatic carbocycles. The molecule has 146 valence electrons. The van der Waals surface area contributed by atoms with E-state index in [-0.39, 0.29) is 5.78 Å². The van der Waals surface area contributed by atoms with Crippen molar-refractivity contribution in [3.63, 3.8) is 0 Å². The SMILES string of the molecule is N#Cc1ccc(CCN2CCC3(CC2)CC(=O)c2ccc4[nH]cnc4c2O3)cc1. The highest BCUT2D eigenvalue weighted by Crippen LogP contribution is 2.42. The highest BCUT2D eigenvalue weighted by molar-refractivity contribution is 6.05. The molecule has 2 aliphatic rings.